The molecule has 2 aliphatic rings. The molecule has 1 heterocycles. The Bertz CT molecular complexity index is 492. The van der Waals surface area contributed by atoms with E-state index in [-0.39, 0.29) is 11.5 Å². The average molecular weight is 339 g/mol. The molecule has 1 fully saturated rings. The van der Waals surface area contributed by atoms with E-state index in [9.17, 15) is 5.11 Å². The number of benzene rings is 1. The lowest BCUT2D eigenvalue weighted by Crippen LogP contribution is -2.36. The maximum absolute atomic E-state index is 10.7. The molecule has 1 saturated carbocycles. The molecule has 20 heavy (non-hydrogen) atoms. The minimum atomic E-state index is -0.273. The molecule has 3 rings (SSSR count). The second kappa shape index (κ2) is 5.69. The van der Waals surface area contributed by atoms with Gasteiger partial charge in [0.05, 0.1) is 12.7 Å². The molecule has 0 aromatic heterocycles. The van der Waals surface area contributed by atoms with Crippen LogP contribution in [-0.2, 0) is 12.8 Å². The fourth-order valence-corrected chi connectivity index (χ4v) is 4.20. The molecule has 1 aromatic carbocycles. The molecule has 1 aliphatic carbocycles. The van der Waals surface area contributed by atoms with Gasteiger partial charge in [0.15, 0.2) is 0 Å². The van der Waals surface area contributed by atoms with Gasteiger partial charge >= 0.3 is 0 Å². The first-order chi connectivity index (χ1) is 9.58. The third-order valence-electron chi connectivity index (χ3n) is 5.04. The van der Waals surface area contributed by atoms with Crippen molar-refractivity contribution in [2.75, 3.05) is 6.61 Å². The Morgan fingerprint density at radius 1 is 1.30 bits per heavy atom. The molecule has 0 saturated heterocycles. The van der Waals surface area contributed by atoms with Gasteiger partial charge in [-0.3, -0.25) is 0 Å². The lowest BCUT2D eigenvalue weighted by molar-refractivity contribution is 0.0101. The van der Waals surface area contributed by atoms with Gasteiger partial charge in [0.25, 0.3) is 0 Å². The summed E-state index contributed by atoms with van der Waals surface area (Å²) < 4.78 is 6.87. The van der Waals surface area contributed by atoms with Gasteiger partial charge in [0.1, 0.15) is 5.75 Å². The quantitative estimate of drug-likeness (QED) is 0.892. The van der Waals surface area contributed by atoms with E-state index in [0.29, 0.717) is 6.42 Å². The minimum Gasteiger partial charge on any atom is -0.493 e. The summed E-state index contributed by atoms with van der Waals surface area (Å²) in [6.07, 6.45) is 7.52. The molecule has 1 unspecified atom stereocenters. The molecule has 3 heteroatoms. The highest BCUT2D eigenvalue weighted by Gasteiger charge is 2.35. The number of aliphatic hydroxyl groups excluding tert-OH is 1. The van der Waals surface area contributed by atoms with Crippen LogP contribution in [0.15, 0.2) is 16.6 Å². The Balaban J connectivity index is 1.81. The highest BCUT2D eigenvalue weighted by Crippen LogP contribution is 2.41. The third-order valence-corrected chi connectivity index (χ3v) is 5.50. The van der Waals surface area contributed by atoms with Crippen LogP contribution in [0.2, 0.25) is 0 Å². The fourth-order valence-electron chi connectivity index (χ4n) is 3.65. The van der Waals surface area contributed by atoms with Crippen LogP contribution in [0, 0.1) is 5.41 Å². The first-order valence-corrected chi connectivity index (χ1v) is 8.50. The first-order valence-electron chi connectivity index (χ1n) is 7.71. The zero-order valence-electron chi connectivity index (χ0n) is 12.1. The van der Waals surface area contributed by atoms with Crippen molar-refractivity contribution in [2.24, 2.45) is 5.41 Å². The van der Waals surface area contributed by atoms with E-state index < -0.39 is 0 Å². The standard InChI is InChI=1S/C17H23BrO2/c1-17(6-3-2-4-7-17)15(19)11-13-10-14(18)9-12-5-8-20-16(12)13/h9-10,15,19H,2-8,11H2,1H3. The van der Waals surface area contributed by atoms with Gasteiger partial charge < -0.3 is 9.84 Å². The van der Waals surface area contributed by atoms with E-state index in [0.717, 1.165) is 41.7 Å². The van der Waals surface area contributed by atoms with Crippen LogP contribution in [0.1, 0.15) is 50.2 Å². The highest BCUT2D eigenvalue weighted by molar-refractivity contribution is 9.10. The molecule has 0 bridgehead atoms. The Kier molecular flexibility index (Phi) is 4.09. The molecule has 0 radical (unpaired) electrons. The molecule has 110 valence electrons. The summed E-state index contributed by atoms with van der Waals surface area (Å²) in [6, 6.07) is 4.25. The number of ether oxygens (including phenoxy) is 1. The normalized spacial score (nSPS) is 22.1. The summed E-state index contributed by atoms with van der Waals surface area (Å²) in [4.78, 5) is 0. The SMILES string of the molecule is CC1(C(O)Cc2cc(Br)cc3c2OCC3)CCCCC1. The van der Waals surface area contributed by atoms with Gasteiger partial charge in [-0.25, -0.2) is 0 Å². The maximum atomic E-state index is 10.7. The van der Waals surface area contributed by atoms with Gasteiger partial charge in [0, 0.05) is 17.3 Å². The largest absolute Gasteiger partial charge is 0.493 e. The van der Waals surface area contributed by atoms with Gasteiger partial charge in [-0.15, -0.1) is 0 Å². The second-order valence-corrected chi connectivity index (χ2v) is 7.50. The van der Waals surface area contributed by atoms with Crippen LogP contribution in [0.3, 0.4) is 0 Å². The smallest absolute Gasteiger partial charge is 0.125 e. The second-order valence-electron chi connectivity index (χ2n) is 6.59. The third kappa shape index (κ3) is 2.75. The number of rotatable bonds is 3. The Morgan fingerprint density at radius 2 is 2.05 bits per heavy atom. The van der Waals surface area contributed by atoms with Crippen molar-refractivity contribution < 1.29 is 9.84 Å². The van der Waals surface area contributed by atoms with E-state index in [1.165, 1.54) is 24.8 Å². The molecule has 2 nitrogen and oxygen atoms in total. The van der Waals surface area contributed by atoms with Gasteiger partial charge in [0.2, 0.25) is 0 Å². The Hall–Kier alpha value is -0.540. The van der Waals surface area contributed by atoms with E-state index in [1.54, 1.807) is 0 Å². The number of hydrogen-bond acceptors (Lipinski definition) is 2. The number of halogens is 1. The predicted octanol–water partition coefficient (Wildman–Crippen LogP) is 4.26. The maximum Gasteiger partial charge on any atom is 0.125 e. The zero-order valence-corrected chi connectivity index (χ0v) is 13.7. The minimum absolute atomic E-state index is 0.0755. The van der Waals surface area contributed by atoms with Gasteiger partial charge in [-0.05, 0) is 41.5 Å². The van der Waals surface area contributed by atoms with Crippen molar-refractivity contribution in [3.63, 3.8) is 0 Å². The average Bonchev–Trinajstić information content (AvgIpc) is 2.87. The molecule has 1 atom stereocenters. The van der Waals surface area contributed by atoms with Crippen molar-refractivity contribution >= 4 is 15.9 Å². The van der Waals surface area contributed by atoms with E-state index >= 15 is 0 Å². The van der Waals surface area contributed by atoms with Gasteiger partial charge in [-0.1, -0.05) is 42.1 Å². The van der Waals surface area contributed by atoms with Crippen molar-refractivity contribution in [2.45, 2.75) is 58.0 Å². The van der Waals surface area contributed by atoms with Crippen molar-refractivity contribution in [1.29, 1.82) is 0 Å². The topological polar surface area (TPSA) is 29.5 Å². The molecular weight excluding hydrogens is 316 g/mol. The van der Waals surface area contributed by atoms with E-state index in [1.807, 2.05) is 0 Å². The van der Waals surface area contributed by atoms with Crippen LogP contribution >= 0.6 is 15.9 Å². The van der Waals surface area contributed by atoms with Crippen LogP contribution in [-0.4, -0.2) is 17.8 Å². The van der Waals surface area contributed by atoms with Gasteiger partial charge in [-0.2, -0.15) is 0 Å². The first kappa shape index (κ1) is 14.4. The van der Waals surface area contributed by atoms with E-state index in [4.69, 9.17) is 4.74 Å². The fraction of sp³-hybridized carbons (Fsp3) is 0.647. The van der Waals surface area contributed by atoms with E-state index in [2.05, 4.69) is 35.0 Å². The van der Waals surface area contributed by atoms with Crippen LogP contribution in [0.5, 0.6) is 5.75 Å². The van der Waals surface area contributed by atoms with Crippen molar-refractivity contribution in [1.82, 2.24) is 0 Å². The Morgan fingerprint density at radius 3 is 2.80 bits per heavy atom. The van der Waals surface area contributed by atoms with Crippen LogP contribution < -0.4 is 4.74 Å². The summed E-state index contributed by atoms with van der Waals surface area (Å²) in [5, 5.41) is 10.7. The zero-order chi connectivity index (χ0) is 14.2. The van der Waals surface area contributed by atoms with Crippen molar-refractivity contribution in [3.8, 4) is 5.75 Å². The van der Waals surface area contributed by atoms with Crippen molar-refractivity contribution in [3.05, 3.63) is 27.7 Å². The summed E-state index contributed by atoms with van der Waals surface area (Å²) in [5.74, 6) is 1.02. The molecular formula is C17H23BrO2. The molecule has 0 spiro atoms. The number of hydrogen-bond donors (Lipinski definition) is 1. The lowest BCUT2D eigenvalue weighted by Gasteiger charge is -2.38. The monoisotopic (exact) mass is 338 g/mol. The van der Waals surface area contributed by atoms with Crippen LogP contribution in [0.4, 0.5) is 0 Å². The summed E-state index contributed by atoms with van der Waals surface area (Å²) in [5.41, 5.74) is 2.51. The Labute approximate surface area is 129 Å². The lowest BCUT2D eigenvalue weighted by atomic mass is 9.70. The summed E-state index contributed by atoms with van der Waals surface area (Å²) in [6.45, 7) is 3.02. The predicted molar refractivity (Wildman–Crippen MR) is 84.2 cm³/mol. The summed E-state index contributed by atoms with van der Waals surface area (Å²) >= 11 is 3.58. The summed E-state index contributed by atoms with van der Waals surface area (Å²) in [7, 11) is 0. The van der Waals surface area contributed by atoms with Crippen LogP contribution in [0.25, 0.3) is 0 Å². The molecule has 1 aromatic rings. The number of aliphatic hydroxyl groups is 1. The number of fused-ring (bicyclic) bond motifs is 1. The molecule has 1 aliphatic heterocycles. The highest BCUT2D eigenvalue weighted by atomic mass is 79.9. The molecule has 0 amide bonds. The molecule has 1 N–H and O–H groups in total.